The summed E-state index contributed by atoms with van der Waals surface area (Å²) in [6.45, 7) is 3.29. The van der Waals surface area contributed by atoms with Crippen LogP contribution >= 0.6 is 23.2 Å². The second-order valence-electron chi connectivity index (χ2n) is 5.53. The van der Waals surface area contributed by atoms with Crippen molar-refractivity contribution in [2.45, 2.75) is 20.3 Å². The summed E-state index contributed by atoms with van der Waals surface area (Å²) < 4.78 is 1.67. The number of hydrogen-bond acceptors (Lipinski definition) is 4. The van der Waals surface area contributed by atoms with Crippen molar-refractivity contribution in [2.24, 2.45) is 0 Å². The van der Waals surface area contributed by atoms with E-state index < -0.39 is 5.97 Å². The molecule has 0 saturated heterocycles. The zero-order valence-electron chi connectivity index (χ0n) is 14.2. The Labute approximate surface area is 161 Å². The van der Waals surface area contributed by atoms with Gasteiger partial charge in [0.15, 0.2) is 0 Å². The van der Waals surface area contributed by atoms with Crippen molar-refractivity contribution in [3.63, 3.8) is 0 Å². The molecule has 2 aromatic carbocycles. The van der Waals surface area contributed by atoms with Crippen LogP contribution in [0.4, 0.5) is 0 Å². The molecule has 0 aliphatic rings. The largest absolute Gasteiger partial charge is 0.352 e. The molecule has 0 unspecified atom stereocenters. The van der Waals surface area contributed by atoms with Crippen LogP contribution in [0.5, 0.6) is 5.88 Å². The lowest BCUT2D eigenvalue weighted by Gasteiger charge is -2.11. The van der Waals surface area contributed by atoms with Gasteiger partial charge in [-0.3, -0.25) is 4.89 Å². The molecule has 134 valence electrons. The van der Waals surface area contributed by atoms with Crippen molar-refractivity contribution in [3.8, 4) is 22.8 Å². The molecule has 1 heterocycles. The summed E-state index contributed by atoms with van der Waals surface area (Å²) in [6.07, 6.45) is 0.808. The van der Waals surface area contributed by atoms with E-state index in [-0.39, 0.29) is 10.9 Å². The number of para-hydroxylation sites is 1. The van der Waals surface area contributed by atoms with E-state index in [2.05, 4.69) is 16.9 Å². The van der Waals surface area contributed by atoms with E-state index in [1.54, 1.807) is 16.8 Å². The highest BCUT2D eigenvalue weighted by Gasteiger charge is 2.23. The third kappa shape index (κ3) is 3.69. The van der Waals surface area contributed by atoms with Gasteiger partial charge in [-0.2, -0.15) is 0 Å². The average Bonchev–Trinajstić information content (AvgIpc) is 2.96. The monoisotopic (exact) mass is 390 g/mol. The zero-order valence-corrected chi connectivity index (χ0v) is 15.7. The Kier molecular flexibility index (Phi) is 5.49. The second-order valence-corrected chi connectivity index (χ2v) is 6.34. The Morgan fingerprint density at radius 3 is 2.62 bits per heavy atom. The van der Waals surface area contributed by atoms with Gasteiger partial charge in [0.25, 0.3) is 0 Å². The summed E-state index contributed by atoms with van der Waals surface area (Å²) in [7, 11) is 0. The summed E-state index contributed by atoms with van der Waals surface area (Å²) in [5.74, 6) is -0.600. The highest BCUT2D eigenvalue weighted by atomic mass is 35.5. The van der Waals surface area contributed by atoms with E-state index in [1.807, 2.05) is 36.4 Å². The molecule has 0 bridgehead atoms. The molecule has 7 heteroatoms. The summed E-state index contributed by atoms with van der Waals surface area (Å²) in [4.78, 5) is 20.7. The van der Waals surface area contributed by atoms with Crippen molar-refractivity contribution in [3.05, 3.63) is 64.1 Å². The third-order valence-electron chi connectivity index (χ3n) is 3.74. The van der Waals surface area contributed by atoms with Crippen LogP contribution in [0.1, 0.15) is 19.4 Å². The fourth-order valence-electron chi connectivity index (χ4n) is 2.61. The van der Waals surface area contributed by atoms with Gasteiger partial charge in [-0.25, -0.2) is 14.4 Å². The molecule has 0 N–H and O–H groups in total. The Balaban J connectivity index is 2.21. The molecule has 26 heavy (non-hydrogen) atoms. The summed E-state index contributed by atoms with van der Waals surface area (Å²) >= 11 is 12.6. The SMILES string of the molecule is CCc1ccccc1-n1nc(OOC(C)=O)c(Cl)c1-c1cccc(Cl)c1. The normalized spacial score (nSPS) is 10.6. The number of aromatic nitrogens is 2. The minimum atomic E-state index is -0.603. The fraction of sp³-hybridized carbons (Fsp3) is 0.158. The first kappa shape index (κ1) is 18.3. The smallest absolute Gasteiger partial charge is 0.263 e. The first-order valence-electron chi connectivity index (χ1n) is 7.99. The van der Waals surface area contributed by atoms with Crippen LogP contribution in [-0.4, -0.2) is 15.7 Å². The molecule has 0 spiro atoms. The molecule has 0 atom stereocenters. The second kappa shape index (κ2) is 7.81. The quantitative estimate of drug-likeness (QED) is 0.440. The van der Waals surface area contributed by atoms with E-state index in [4.69, 9.17) is 28.1 Å². The topological polar surface area (TPSA) is 53.4 Å². The van der Waals surface area contributed by atoms with Crippen molar-refractivity contribution >= 4 is 29.2 Å². The molecule has 3 rings (SSSR count). The van der Waals surface area contributed by atoms with Crippen LogP contribution in [0.25, 0.3) is 16.9 Å². The first-order valence-corrected chi connectivity index (χ1v) is 8.74. The van der Waals surface area contributed by atoms with Crippen molar-refractivity contribution in [1.29, 1.82) is 0 Å². The number of rotatable bonds is 5. The first-order chi connectivity index (χ1) is 12.5. The Hall–Kier alpha value is -2.50. The highest BCUT2D eigenvalue weighted by molar-refractivity contribution is 6.34. The number of halogens is 2. The molecular weight excluding hydrogens is 375 g/mol. The molecule has 1 aromatic heterocycles. The third-order valence-corrected chi connectivity index (χ3v) is 4.31. The van der Waals surface area contributed by atoms with Crippen LogP contribution in [0.3, 0.4) is 0 Å². The molecule has 3 aromatic rings. The Bertz CT molecular complexity index is 954. The van der Waals surface area contributed by atoms with E-state index in [1.165, 1.54) is 6.92 Å². The molecule has 0 saturated carbocycles. The predicted molar refractivity (Wildman–Crippen MR) is 101 cm³/mol. The van der Waals surface area contributed by atoms with Gasteiger partial charge in [0.2, 0.25) is 0 Å². The molecule has 0 radical (unpaired) electrons. The summed E-state index contributed by atoms with van der Waals surface area (Å²) in [6, 6.07) is 15.1. The minimum Gasteiger partial charge on any atom is -0.263 e. The predicted octanol–water partition coefficient (Wildman–Crippen LogP) is 5.27. The van der Waals surface area contributed by atoms with Crippen molar-refractivity contribution < 1.29 is 14.6 Å². The van der Waals surface area contributed by atoms with Gasteiger partial charge < -0.3 is 0 Å². The van der Waals surface area contributed by atoms with Gasteiger partial charge in [0.1, 0.15) is 5.02 Å². The molecule has 0 amide bonds. The number of hydrogen-bond donors (Lipinski definition) is 0. The fourth-order valence-corrected chi connectivity index (χ4v) is 3.05. The Morgan fingerprint density at radius 2 is 1.92 bits per heavy atom. The molecule has 5 nitrogen and oxygen atoms in total. The molecule has 0 aliphatic heterocycles. The van der Waals surface area contributed by atoms with Crippen LogP contribution in [0.15, 0.2) is 48.5 Å². The van der Waals surface area contributed by atoms with Crippen LogP contribution in [0, 0.1) is 0 Å². The lowest BCUT2D eigenvalue weighted by atomic mass is 10.1. The summed E-state index contributed by atoms with van der Waals surface area (Å²) in [5.41, 5.74) is 3.29. The van der Waals surface area contributed by atoms with E-state index in [9.17, 15) is 4.79 Å². The lowest BCUT2D eigenvalue weighted by molar-refractivity contribution is -0.212. The number of aryl methyl sites for hydroxylation is 1. The summed E-state index contributed by atoms with van der Waals surface area (Å²) in [5, 5.41) is 5.20. The number of carbonyl (C=O) groups is 1. The lowest BCUT2D eigenvalue weighted by Crippen LogP contribution is -2.05. The number of nitrogens with zero attached hydrogens (tertiary/aromatic N) is 2. The highest BCUT2D eigenvalue weighted by Crippen LogP contribution is 2.38. The Morgan fingerprint density at radius 1 is 1.15 bits per heavy atom. The average molecular weight is 391 g/mol. The van der Waals surface area contributed by atoms with E-state index in [0.29, 0.717) is 10.7 Å². The molecular formula is C19H16Cl2N2O3. The number of benzene rings is 2. The minimum absolute atomic E-state index is 0.00254. The van der Waals surface area contributed by atoms with E-state index in [0.717, 1.165) is 23.2 Å². The maximum Gasteiger partial charge on any atom is 0.352 e. The van der Waals surface area contributed by atoms with Gasteiger partial charge in [-0.15, -0.1) is 5.10 Å². The van der Waals surface area contributed by atoms with Crippen molar-refractivity contribution in [2.75, 3.05) is 0 Å². The van der Waals surface area contributed by atoms with Crippen molar-refractivity contribution in [1.82, 2.24) is 9.78 Å². The van der Waals surface area contributed by atoms with Gasteiger partial charge >= 0.3 is 11.8 Å². The number of carbonyl (C=O) groups excluding carboxylic acids is 1. The van der Waals surface area contributed by atoms with Gasteiger partial charge in [-0.1, -0.05) is 60.5 Å². The van der Waals surface area contributed by atoms with Gasteiger partial charge in [0.05, 0.1) is 11.4 Å². The van der Waals surface area contributed by atoms with Crippen LogP contribution < -0.4 is 4.89 Å². The maximum absolute atomic E-state index is 11.1. The molecule has 0 fully saturated rings. The van der Waals surface area contributed by atoms with Crippen LogP contribution in [0.2, 0.25) is 10.0 Å². The van der Waals surface area contributed by atoms with Crippen LogP contribution in [-0.2, 0) is 16.1 Å². The van der Waals surface area contributed by atoms with E-state index >= 15 is 0 Å². The maximum atomic E-state index is 11.1. The zero-order chi connectivity index (χ0) is 18.7. The molecule has 0 aliphatic carbocycles. The van der Waals surface area contributed by atoms with Gasteiger partial charge in [-0.05, 0) is 30.2 Å². The van der Waals surface area contributed by atoms with Gasteiger partial charge in [0, 0.05) is 17.5 Å². The standard InChI is InChI=1S/C19H16Cl2N2O3/c1-3-13-7-4-5-10-16(13)23-18(14-8-6-9-15(20)11-14)17(21)19(22-23)26-25-12(2)24/h4-11H,3H2,1-2H3.